The highest BCUT2D eigenvalue weighted by Crippen LogP contribution is 2.48. The van der Waals surface area contributed by atoms with Crippen LogP contribution in [-0.4, -0.2) is 31.4 Å². The Kier molecular flexibility index (Phi) is 4.28. The van der Waals surface area contributed by atoms with Gasteiger partial charge in [0.15, 0.2) is 0 Å². The molecule has 4 atom stereocenters. The van der Waals surface area contributed by atoms with Crippen molar-refractivity contribution in [3.05, 3.63) is 23.5 Å². The molecule has 2 aromatic rings. The second-order valence-corrected chi connectivity index (χ2v) is 11.8. The zero-order chi connectivity index (χ0) is 23.3. The Hall–Kier alpha value is -2.64. The van der Waals surface area contributed by atoms with E-state index >= 15 is 0 Å². The van der Waals surface area contributed by atoms with E-state index in [0.717, 1.165) is 23.0 Å². The maximum atomic E-state index is 13.4. The Morgan fingerprint density at radius 1 is 0.719 bits per heavy atom. The molecule has 5 rings (SSSR count). The lowest BCUT2D eigenvalue weighted by molar-refractivity contribution is -0.120. The molecule has 0 saturated carbocycles. The molecule has 0 aliphatic carbocycles. The number of fused-ring (bicyclic) bond motifs is 8. The van der Waals surface area contributed by atoms with Crippen LogP contribution in [0.25, 0.3) is 0 Å². The van der Waals surface area contributed by atoms with E-state index in [0.29, 0.717) is 12.8 Å². The molecule has 172 valence electrons. The Balaban J connectivity index is 1.80. The lowest BCUT2D eigenvalue weighted by atomic mass is 9.92. The quantitative estimate of drug-likeness (QED) is 0.620. The summed E-state index contributed by atoms with van der Waals surface area (Å²) < 4.78 is 3.86. The van der Waals surface area contributed by atoms with Gasteiger partial charge in [0.25, 0.3) is 0 Å². The maximum Gasteiger partial charge on any atom is 0.232 e. The number of carbonyl (C=O) groups is 2. The van der Waals surface area contributed by atoms with Crippen molar-refractivity contribution >= 4 is 23.5 Å². The molecule has 3 aliphatic rings. The predicted octanol–water partition coefficient (Wildman–Crippen LogP) is 4.13. The fourth-order valence-electron chi connectivity index (χ4n) is 5.06. The zero-order valence-electron chi connectivity index (χ0n) is 20.4. The molecule has 3 aliphatic heterocycles. The van der Waals surface area contributed by atoms with Crippen LogP contribution in [0.5, 0.6) is 0 Å². The molecule has 0 bridgehead atoms. The summed E-state index contributed by atoms with van der Waals surface area (Å²) in [6.07, 6.45) is 0.734. The van der Waals surface area contributed by atoms with Crippen LogP contribution in [0.15, 0.2) is 12.1 Å². The first-order valence-electron chi connectivity index (χ1n) is 11.6. The van der Waals surface area contributed by atoms with Crippen LogP contribution in [0.3, 0.4) is 0 Å². The third-order valence-electron chi connectivity index (χ3n) is 7.07. The van der Waals surface area contributed by atoms with Crippen molar-refractivity contribution in [1.82, 2.24) is 19.6 Å². The Bertz CT molecular complexity index is 1030. The van der Waals surface area contributed by atoms with Crippen LogP contribution in [0.1, 0.15) is 92.0 Å². The molecule has 0 aromatic carbocycles. The third-order valence-corrected chi connectivity index (χ3v) is 7.07. The smallest absolute Gasteiger partial charge is 0.232 e. The molecule has 2 saturated heterocycles. The molecular weight excluding hydrogens is 404 g/mol. The third kappa shape index (κ3) is 2.87. The van der Waals surface area contributed by atoms with Gasteiger partial charge in [-0.15, -0.1) is 0 Å². The van der Waals surface area contributed by atoms with Crippen molar-refractivity contribution in [2.24, 2.45) is 11.8 Å². The standard InChI is InChI=1S/C24H34N6O2/c1-13-9-17-27(21(13)31)19-11-15(23(3,4)5)26-30(19)18-10-14(2)22(32)28(18)20-12-16(24(6,7)8)25-29(17)20/h11-14,17-18H,9-10H2,1-8H3. The number of carbonyl (C=O) groups excluding carboxylic acids is 2. The van der Waals surface area contributed by atoms with Gasteiger partial charge in [-0.05, 0) is 0 Å². The number of aromatic nitrogens is 4. The zero-order valence-corrected chi connectivity index (χ0v) is 20.4. The molecule has 2 amide bonds. The van der Waals surface area contributed by atoms with E-state index in [2.05, 4.69) is 41.5 Å². The highest BCUT2D eigenvalue weighted by molar-refractivity contribution is 5.99. The van der Waals surface area contributed by atoms with E-state index in [1.165, 1.54) is 0 Å². The van der Waals surface area contributed by atoms with Crippen molar-refractivity contribution in [2.45, 2.75) is 91.4 Å². The van der Waals surface area contributed by atoms with Gasteiger partial charge in [0.1, 0.15) is 24.0 Å². The number of anilines is 2. The van der Waals surface area contributed by atoms with Crippen molar-refractivity contribution in [3.8, 4) is 0 Å². The largest absolute Gasteiger partial charge is 0.274 e. The predicted molar refractivity (Wildman–Crippen MR) is 122 cm³/mol. The number of hydrogen-bond donors (Lipinski definition) is 0. The minimum atomic E-state index is -0.281. The van der Waals surface area contributed by atoms with Gasteiger partial charge < -0.3 is 0 Å². The maximum absolute atomic E-state index is 13.4. The summed E-state index contributed by atoms with van der Waals surface area (Å²) in [6, 6.07) is 4.07. The van der Waals surface area contributed by atoms with Gasteiger partial charge in [-0.3, -0.25) is 19.4 Å². The van der Waals surface area contributed by atoms with Crippen LogP contribution in [0, 0.1) is 11.8 Å². The normalized spacial score (nSPS) is 27.8. The lowest BCUT2D eigenvalue weighted by Crippen LogP contribution is -2.42. The number of hydrogen-bond acceptors (Lipinski definition) is 4. The van der Waals surface area contributed by atoms with Gasteiger partial charge >= 0.3 is 0 Å². The van der Waals surface area contributed by atoms with Crippen LogP contribution in [-0.2, 0) is 20.4 Å². The Labute approximate surface area is 189 Å². The Morgan fingerprint density at radius 3 is 1.38 bits per heavy atom. The van der Waals surface area contributed by atoms with Crippen LogP contribution < -0.4 is 9.80 Å². The SMILES string of the molecule is CC1CC2N(C1=O)c1cc(C(C)(C)C)nn1C1CC(C)C(=O)N1c1cc(C(C)(C)C)nn12. The summed E-state index contributed by atoms with van der Waals surface area (Å²) in [5, 5.41) is 9.97. The summed E-state index contributed by atoms with van der Waals surface area (Å²) in [6.45, 7) is 16.7. The van der Waals surface area contributed by atoms with Crippen LogP contribution in [0.2, 0.25) is 0 Å². The van der Waals surface area contributed by atoms with Gasteiger partial charge in [-0.25, -0.2) is 9.36 Å². The molecule has 8 heteroatoms. The van der Waals surface area contributed by atoms with Crippen LogP contribution >= 0.6 is 0 Å². The summed E-state index contributed by atoms with van der Waals surface area (Å²) in [4.78, 5) is 30.6. The summed E-state index contributed by atoms with van der Waals surface area (Å²) in [5.41, 5.74) is 1.48. The number of rotatable bonds is 0. The van der Waals surface area contributed by atoms with Crippen molar-refractivity contribution in [2.75, 3.05) is 9.80 Å². The van der Waals surface area contributed by atoms with E-state index in [1.54, 1.807) is 0 Å². The van der Waals surface area contributed by atoms with E-state index in [-0.39, 0.29) is 46.8 Å². The van der Waals surface area contributed by atoms with E-state index in [1.807, 2.05) is 45.1 Å². The van der Waals surface area contributed by atoms with Crippen molar-refractivity contribution < 1.29 is 9.59 Å². The molecule has 2 aromatic heterocycles. The highest BCUT2D eigenvalue weighted by atomic mass is 16.2. The molecule has 5 heterocycles. The number of amides is 2. The summed E-state index contributed by atoms with van der Waals surface area (Å²) in [7, 11) is 0. The van der Waals surface area contributed by atoms with E-state index in [4.69, 9.17) is 10.2 Å². The van der Waals surface area contributed by atoms with Crippen molar-refractivity contribution in [1.29, 1.82) is 0 Å². The second-order valence-electron chi connectivity index (χ2n) is 11.8. The van der Waals surface area contributed by atoms with E-state index in [9.17, 15) is 9.59 Å². The first-order valence-corrected chi connectivity index (χ1v) is 11.6. The van der Waals surface area contributed by atoms with Gasteiger partial charge in [0, 0.05) is 47.6 Å². The fourth-order valence-corrected chi connectivity index (χ4v) is 5.06. The minimum Gasteiger partial charge on any atom is -0.274 e. The van der Waals surface area contributed by atoms with Gasteiger partial charge in [0.05, 0.1) is 11.4 Å². The summed E-state index contributed by atoms with van der Waals surface area (Å²) in [5.74, 6) is 1.45. The fraction of sp³-hybridized carbons (Fsp3) is 0.667. The van der Waals surface area contributed by atoms with Gasteiger partial charge in [-0.2, -0.15) is 10.2 Å². The first-order chi connectivity index (χ1) is 14.8. The second kappa shape index (κ2) is 6.45. The molecule has 32 heavy (non-hydrogen) atoms. The Morgan fingerprint density at radius 2 is 1.06 bits per heavy atom. The molecule has 8 nitrogen and oxygen atoms in total. The van der Waals surface area contributed by atoms with Crippen molar-refractivity contribution in [3.63, 3.8) is 0 Å². The van der Waals surface area contributed by atoms with Gasteiger partial charge in [-0.1, -0.05) is 55.4 Å². The van der Waals surface area contributed by atoms with Gasteiger partial charge in [0.2, 0.25) is 11.8 Å². The van der Waals surface area contributed by atoms with Crippen LogP contribution in [0.4, 0.5) is 11.6 Å². The molecule has 0 spiro atoms. The number of nitrogens with zero attached hydrogens (tertiary/aromatic N) is 6. The van der Waals surface area contributed by atoms with E-state index < -0.39 is 0 Å². The molecule has 0 radical (unpaired) electrons. The molecule has 2 fully saturated rings. The lowest BCUT2D eigenvalue weighted by Gasteiger charge is -2.35. The highest BCUT2D eigenvalue weighted by Gasteiger charge is 2.50. The average Bonchev–Trinajstić information content (AvgIpc) is 3.39. The molecule has 0 N–H and O–H groups in total. The molecular formula is C24H34N6O2. The monoisotopic (exact) mass is 438 g/mol. The minimum absolute atomic E-state index is 0.0844. The first kappa shape index (κ1) is 21.2. The molecule has 4 unspecified atom stereocenters. The topological polar surface area (TPSA) is 76.3 Å². The average molecular weight is 439 g/mol. The summed E-state index contributed by atoms with van der Waals surface area (Å²) >= 11 is 0.